The van der Waals surface area contributed by atoms with Gasteiger partial charge in [-0.1, -0.05) is 5.16 Å². The van der Waals surface area contributed by atoms with Crippen molar-refractivity contribution in [1.29, 1.82) is 0 Å². The van der Waals surface area contributed by atoms with E-state index in [0.29, 0.717) is 25.9 Å². The largest absolute Gasteiger partial charge is 0.393 e. The number of hydrogen-bond acceptors (Lipinski definition) is 5. The van der Waals surface area contributed by atoms with Gasteiger partial charge >= 0.3 is 0 Å². The summed E-state index contributed by atoms with van der Waals surface area (Å²) in [4.78, 5) is 4.91. The molecule has 13 heavy (non-hydrogen) atoms. The second kappa shape index (κ2) is 4.55. The van der Waals surface area contributed by atoms with Crippen LogP contribution in [-0.4, -0.2) is 51.5 Å². The van der Waals surface area contributed by atoms with E-state index in [-0.39, 0.29) is 6.10 Å². The SMILES string of the molecule is C(/COCC1CO1)=N\OCC1CO1. The van der Waals surface area contributed by atoms with Crippen LogP contribution in [-0.2, 0) is 19.0 Å². The molecule has 0 bridgehead atoms. The van der Waals surface area contributed by atoms with Gasteiger partial charge in [0.15, 0.2) is 0 Å². The number of epoxide rings is 2. The molecule has 0 aromatic carbocycles. The van der Waals surface area contributed by atoms with Crippen LogP contribution in [0, 0.1) is 0 Å². The zero-order valence-corrected chi connectivity index (χ0v) is 7.35. The lowest BCUT2D eigenvalue weighted by Crippen LogP contribution is -2.04. The van der Waals surface area contributed by atoms with Gasteiger partial charge in [0.25, 0.3) is 0 Å². The summed E-state index contributed by atoms with van der Waals surface area (Å²) in [6.07, 6.45) is 2.18. The molecule has 5 nitrogen and oxygen atoms in total. The first-order chi connectivity index (χ1) is 6.45. The molecule has 0 aromatic heterocycles. The molecule has 0 radical (unpaired) electrons. The molecule has 0 aliphatic carbocycles. The van der Waals surface area contributed by atoms with E-state index in [0.717, 1.165) is 13.2 Å². The minimum atomic E-state index is 0.262. The van der Waals surface area contributed by atoms with Crippen LogP contribution in [0.15, 0.2) is 5.16 Å². The Morgan fingerprint density at radius 1 is 1.23 bits per heavy atom. The van der Waals surface area contributed by atoms with Crippen LogP contribution >= 0.6 is 0 Å². The Balaban J connectivity index is 1.37. The highest BCUT2D eigenvalue weighted by molar-refractivity contribution is 5.57. The molecule has 0 spiro atoms. The molecule has 0 aromatic rings. The highest BCUT2D eigenvalue weighted by atomic mass is 16.7. The number of nitrogens with zero attached hydrogens (tertiary/aromatic N) is 1. The Bertz CT molecular complexity index is 177. The lowest BCUT2D eigenvalue weighted by atomic mass is 10.5. The van der Waals surface area contributed by atoms with Crippen molar-refractivity contribution in [3.8, 4) is 0 Å². The van der Waals surface area contributed by atoms with Crippen molar-refractivity contribution in [2.45, 2.75) is 12.2 Å². The van der Waals surface area contributed by atoms with E-state index in [9.17, 15) is 0 Å². The summed E-state index contributed by atoms with van der Waals surface area (Å²) in [6.45, 7) is 3.29. The summed E-state index contributed by atoms with van der Waals surface area (Å²) in [5.41, 5.74) is 0. The Morgan fingerprint density at radius 2 is 1.92 bits per heavy atom. The van der Waals surface area contributed by atoms with Crippen LogP contribution in [0.25, 0.3) is 0 Å². The predicted molar refractivity (Wildman–Crippen MR) is 44.7 cm³/mol. The molecule has 2 aliphatic heterocycles. The minimum absolute atomic E-state index is 0.262. The lowest BCUT2D eigenvalue weighted by Gasteiger charge is -1.96. The maximum Gasteiger partial charge on any atom is 0.145 e. The third-order valence-corrected chi connectivity index (χ3v) is 1.71. The van der Waals surface area contributed by atoms with Gasteiger partial charge in [0.1, 0.15) is 18.8 Å². The number of ether oxygens (including phenoxy) is 3. The van der Waals surface area contributed by atoms with E-state index < -0.39 is 0 Å². The summed E-state index contributed by atoms with van der Waals surface area (Å²) in [5, 5.41) is 3.70. The third-order valence-electron chi connectivity index (χ3n) is 1.71. The second-order valence-electron chi connectivity index (χ2n) is 3.03. The molecule has 2 atom stereocenters. The first-order valence-electron chi connectivity index (χ1n) is 4.40. The molecule has 2 heterocycles. The van der Waals surface area contributed by atoms with Crippen molar-refractivity contribution in [2.75, 3.05) is 33.0 Å². The monoisotopic (exact) mass is 187 g/mol. The standard InChI is InChI=1S/C8H13NO4/c1(2-10-3-7-4-11-7)9-13-6-8-5-12-8/h1,7-8H,2-6H2/b9-1+. The Morgan fingerprint density at radius 3 is 2.62 bits per heavy atom. The maximum absolute atomic E-state index is 5.19. The van der Waals surface area contributed by atoms with Crippen molar-refractivity contribution in [2.24, 2.45) is 5.16 Å². The normalized spacial score (nSPS) is 30.8. The summed E-state index contributed by atoms with van der Waals surface area (Å²) < 4.78 is 15.1. The molecule has 5 heteroatoms. The molecule has 0 amide bonds. The van der Waals surface area contributed by atoms with E-state index in [2.05, 4.69) is 5.16 Å². The predicted octanol–water partition coefficient (Wildman–Crippen LogP) is -0.197. The first kappa shape index (κ1) is 8.93. The van der Waals surface area contributed by atoms with Gasteiger partial charge in [0.05, 0.1) is 32.6 Å². The van der Waals surface area contributed by atoms with Crippen molar-refractivity contribution in [3.63, 3.8) is 0 Å². The van der Waals surface area contributed by atoms with Crippen LogP contribution in [0.3, 0.4) is 0 Å². The van der Waals surface area contributed by atoms with Crippen molar-refractivity contribution in [3.05, 3.63) is 0 Å². The highest BCUT2D eigenvalue weighted by Crippen LogP contribution is 2.08. The minimum Gasteiger partial charge on any atom is -0.393 e. The van der Waals surface area contributed by atoms with Crippen LogP contribution in [0.1, 0.15) is 0 Å². The van der Waals surface area contributed by atoms with Gasteiger partial charge in [-0.3, -0.25) is 0 Å². The van der Waals surface area contributed by atoms with E-state index in [1.54, 1.807) is 6.21 Å². The summed E-state index contributed by atoms with van der Waals surface area (Å²) in [5.74, 6) is 0. The van der Waals surface area contributed by atoms with Gasteiger partial charge in [-0.05, 0) is 0 Å². The van der Waals surface area contributed by atoms with Gasteiger partial charge in [0, 0.05) is 0 Å². The van der Waals surface area contributed by atoms with Crippen molar-refractivity contribution in [1.82, 2.24) is 0 Å². The lowest BCUT2D eigenvalue weighted by molar-refractivity contribution is 0.118. The molecule has 2 aliphatic rings. The Labute approximate surface area is 76.6 Å². The number of rotatable bonds is 7. The highest BCUT2D eigenvalue weighted by Gasteiger charge is 2.23. The van der Waals surface area contributed by atoms with Gasteiger partial charge in [0.2, 0.25) is 0 Å². The molecule has 2 rings (SSSR count). The molecular formula is C8H13NO4. The fraction of sp³-hybridized carbons (Fsp3) is 0.875. The zero-order valence-electron chi connectivity index (χ0n) is 7.35. The van der Waals surface area contributed by atoms with Crippen molar-refractivity contribution < 1.29 is 19.0 Å². The smallest absolute Gasteiger partial charge is 0.145 e. The fourth-order valence-corrected chi connectivity index (χ4v) is 0.790. The molecule has 2 fully saturated rings. The molecule has 0 N–H and O–H groups in total. The molecule has 2 saturated heterocycles. The van der Waals surface area contributed by atoms with Crippen molar-refractivity contribution >= 4 is 6.21 Å². The second-order valence-corrected chi connectivity index (χ2v) is 3.03. The zero-order chi connectivity index (χ0) is 8.93. The average Bonchev–Trinajstić information content (AvgIpc) is 2.99. The summed E-state index contributed by atoms with van der Waals surface area (Å²) >= 11 is 0. The molecule has 2 unspecified atom stereocenters. The number of oxime groups is 1. The van der Waals surface area contributed by atoms with E-state index in [1.807, 2.05) is 0 Å². The summed E-state index contributed by atoms with van der Waals surface area (Å²) in [7, 11) is 0. The molecular weight excluding hydrogens is 174 g/mol. The van der Waals surface area contributed by atoms with Gasteiger partial charge < -0.3 is 19.0 Å². The van der Waals surface area contributed by atoms with Gasteiger partial charge in [-0.2, -0.15) is 0 Å². The van der Waals surface area contributed by atoms with Gasteiger partial charge in [-0.15, -0.1) is 0 Å². The van der Waals surface area contributed by atoms with Crippen LogP contribution in [0.2, 0.25) is 0 Å². The Hall–Kier alpha value is -0.650. The first-order valence-corrected chi connectivity index (χ1v) is 4.40. The van der Waals surface area contributed by atoms with Gasteiger partial charge in [-0.25, -0.2) is 0 Å². The fourth-order valence-electron chi connectivity index (χ4n) is 0.790. The number of hydrogen-bond donors (Lipinski definition) is 0. The summed E-state index contributed by atoms with van der Waals surface area (Å²) in [6, 6.07) is 0. The van der Waals surface area contributed by atoms with E-state index >= 15 is 0 Å². The Kier molecular flexibility index (Phi) is 3.12. The van der Waals surface area contributed by atoms with E-state index in [4.69, 9.17) is 19.0 Å². The quantitative estimate of drug-likeness (QED) is 0.240. The van der Waals surface area contributed by atoms with E-state index in [1.165, 1.54) is 0 Å². The average molecular weight is 187 g/mol. The topological polar surface area (TPSA) is 55.9 Å². The van der Waals surface area contributed by atoms with Crippen LogP contribution in [0.4, 0.5) is 0 Å². The third kappa shape index (κ3) is 4.21. The van der Waals surface area contributed by atoms with Crippen LogP contribution in [0.5, 0.6) is 0 Å². The maximum atomic E-state index is 5.19. The van der Waals surface area contributed by atoms with Crippen LogP contribution < -0.4 is 0 Å². The molecule has 0 saturated carbocycles. The molecule has 74 valence electrons.